The minimum Gasteiger partial charge on any atom is -0.465 e. The van der Waals surface area contributed by atoms with E-state index in [1.165, 1.54) is 7.11 Å². The number of likely N-dealkylation sites (N-methyl/N-ethyl adjacent to an activating group) is 1. The molecule has 3 amide bonds. The van der Waals surface area contributed by atoms with Gasteiger partial charge in [-0.1, -0.05) is 18.2 Å². The number of benzene rings is 2. The second kappa shape index (κ2) is 11.0. The van der Waals surface area contributed by atoms with E-state index in [0.29, 0.717) is 23.4 Å². The van der Waals surface area contributed by atoms with Crippen molar-refractivity contribution < 1.29 is 19.1 Å². The Morgan fingerprint density at radius 3 is 2.47 bits per heavy atom. The number of urea groups is 1. The number of hydrogen-bond acceptors (Lipinski definition) is 5. The smallest absolute Gasteiger partial charge is 0.337 e. The van der Waals surface area contributed by atoms with Crippen LogP contribution in [0.25, 0.3) is 0 Å². The molecular weight excluding hydrogens is 384 g/mol. The quantitative estimate of drug-likeness (QED) is 0.578. The van der Waals surface area contributed by atoms with Gasteiger partial charge < -0.3 is 25.6 Å². The van der Waals surface area contributed by atoms with Gasteiger partial charge in [0.15, 0.2) is 0 Å². The summed E-state index contributed by atoms with van der Waals surface area (Å²) in [6, 6.07) is 11.6. The molecule has 2 aromatic rings. The number of amides is 3. The van der Waals surface area contributed by atoms with Gasteiger partial charge in [-0.2, -0.15) is 0 Å². The lowest BCUT2D eigenvalue weighted by molar-refractivity contribution is 0.0600. The molecule has 0 bridgehead atoms. The highest BCUT2D eigenvalue weighted by atomic mass is 16.5. The van der Waals surface area contributed by atoms with E-state index in [2.05, 4.69) is 16.0 Å². The van der Waals surface area contributed by atoms with Gasteiger partial charge in [0.05, 0.1) is 12.7 Å². The maximum Gasteiger partial charge on any atom is 0.337 e. The first-order chi connectivity index (χ1) is 14.3. The Morgan fingerprint density at radius 1 is 1.00 bits per heavy atom. The molecule has 8 nitrogen and oxygen atoms in total. The highest BCUT2D eigenvalue weighted by Gasteiger charge is 2.11. The molecule has 0 saturated heterocycles. The van der Waals surface area contributed by atoms with E-state index in [0.717, 1.165) is 17.7 Å². The van der Waals surface area contributed by atoms with Crippen LogP contribution in [0.4, 0.5) is 10.5 Å². The first-order valence-electron chi connectivity index (χ1n) is 9.56. The maximum absolute atomic E-state index is 12.3. The molecule has 0 atom stereocenters. The molecule has 2 aromatic carbocycles. The minimum absolute atomic E-state index is 0.154. The number of carbonyl (C=O) groups excluding carboxylic acids is 3. The predicted octanol–water partition coefficient (Wildman–Crippen LogP) is 2.39. The summed E-state index contributed by atoms with van der Waals surface area (Å²) in [5.74, 6) is -0.627. The number of methoxy groups -OCH3 is 1. The Kier molecular flexibility index (Phi) is 8.37. The van der Waals surface area contributed by atoms with Gasteiger partial charge in [-0.3, -0.25) is 4.79 Å². The van der Waals surface area contributed by atoms with Crippen LogP contribution in [0.2, 0.25) is 0 Å². The molecule has 0 saturated carbocycles. The first-order valence-corrected chi connectivity index (χ1v) is 9.56. The summed E-state index contributed by atoms with van der Waals surface area (Å²) in [6.45, 7) is 3.39. The molecule has 0 unspecified atom stereocenters. The van der Waals surface area contributed by atoms with Crippen molar-refractivity contribution in [2.75, 3.05) is 39.6 Å². The molecule has 3 N–H and O–H groups in total. The highest BCUT2D eigenvalue weighted by Crippen LogP contribution is 2.17. The van der Waals surface area contributed by atoms with Crippen LogP contribution >= 0.6 is 0 Å². The third kappa shape index (κ3) is 6.89. The third-order valence-electron chi connectivity index (χ3n) is 4.39. The number of aryl methyl sites for hydroxylation is 1. The number of rotatable bonds is 8. The van der Waals surface area contributed by atoms with Gasteiger partial charge in [0.25, 0.3) is 5.91 Å². The number of hydrogen-bond donors (Lipinski definition) is 3. The van der Waals surface area contributed by atoms with Crippen LogP contribution in [0.15, 0.2) is 42.5 Å². The average Bonchev–Trinajstić information content (AvgIpc) is 2.73. The van der Waals surface area contributed by atoms with Gasteiger partial charge in [0, 0.05) is 30.9 Å². The largest absolute Gasteiger partial charge is 0.465 e. The fourth-order valence-corrected chi connectivity index (χ4v) is 2.67. The lowest BCUT2D eigenvalue weighted by Crippen LogP contribution is -2.31. The summed E-state index contributed by atoms with van der Waals surface area (Å²) in [4.78, 5) is 38.2. The van der Waals surface area contributed by atoms with Gasteiger partial charge >= 0.3 is 12.0 Å². The average molecular weight is 412 g/mol. The molecule has 2 rings (SSSR count). The van der Waals surface area contributed by atoms with Crippen molar-refractivity contribution in [3.05, 3.63) is 64.7 Å². The number of nitrogens with one attached hydrogen (secondary N) is 3. The molecule has 160 valence electrons. The second-order valence-corrected chi connectivity index (χ2v) is 7.09. The van der Waals surface area contributed by atoms with Crippen molar-refractivity contribution in [1.29, 1.82) is 0 Å². The van der Waals surface area contributed by atoms with Crippen LogP contribution in [-0.4, -0.2) is 57.1 Å². The van der Waals surface area contributed by atoms with Crippen molar-refractivity contribution in [2.24, 2.45) is 0 Å². The predicted molar refractivity (Wildman–Crippen MR) is 116 cm³/mol. The first kappa shape index (κ1) is 22.9. The van der Waals surface area contributed by atoms with Crippen LogP contribution in [-0.2, 0) is 11.3 Å². The SMILES string of the molecule is COC(=O)c1ccc(C)c(NC(=O)NCc2cccc(C(=O)NCCN(C)C)c2)c1. The van der Waals surface area contributed by atoms with Crippen LogP contribution in [0.1, 0.15) is 31.8 Å². The van der Waals surface area contributed by atoms with Crippen LogP contribution in [0, 0.1) is 6.92 Å². The zero-order valence-electron chi connectivity index (χ0n) is 17.7. The molecule has 0 aliphatic rings. The Morgan fingerprint density at radius 2 is 1.77 bits per heavy atom. The number of ether oxygens (including phenoxy) is 1. The summed E-state index contributed by atoms with van der Waals surface area (Å²) in [6.07, 6.45) is 0. The van der Waals surface area contributed by atoms with Crippen molar-refractivity contribution >= 4 is 23.6 Å². The van der Waals surface area contributed by atoms with Gasteiger partial charge in [-0.05, 0) is 56.4 Å². The van der Waals surface area contributed by atoms with E-state index in [9.17, 15) is 14.4 Å². The fourth-order valence-electron chi connectivity index (χ4n) is 2.67. The number of nitrogens with zero attached hydrogens (tertiary/aromatic N) is 1. The van der Waals surface area contributed by atoms with Gasteiger partial charge in [-0.25, -0.2) is 9.59 Å². The molecule has 0 spiro atoms. The molecule has 0 aromatic heterocycles. The molecule has 8 heteroatoms. The summed E-state index contributed by atoms with van der Waals surface area (Å²) < 4.78 is 4.71. The van der Waals surface area contributed by atoms with E-state index in [1.807, 2.05) is 32.0 Å². The van der Waals surface area contributed by atoms with Crippen molar-refractivity contribution in [3.8, 4) is 0 Å². The van der Waals surface area contributed by atoms with Gasteiger partial charge in [0.2, 0.25) is 0 Å². The Hall–Kier alpha value is -3.39. The normalized spacial score (nSPS) is 10.4. The lowest BCUT2D eigenvalue weighted by atomic mass is 10.1. The summed E-state index contributed by atoms with van der Waals surface area (Å²) >= 11 is 0. The number of esters is 1. The van der Waals surface area contributed by atoms with Gasteiger partial charge in [0.1, 0.15) is 0 Å². The topological polar surface area (TPSA) is 99.8 Å². The number of carbonyl (C=O) groups is 3. The Bertz CT molecular complexity index is 912. The summed E-state index contributed by atoms with van der Waals surface area (Å²) in [5, 5.41) is 8.35. The Balaban J connectivity index is 1.94. The number of anilines is 1. The monoisotopic (exact) mass is 412 g/mol. The zero-order valence-corrected chi connectivity index (χ0v) is 17.7. The summed E-state index contributed by atoms with van der Waals surface area (Å²) in [5.41, 5.74) is 3.02. The molecule has 0 aliphatic heterocycles. The van der Waals surface area contributed by atoms with E-state index < -0.39 is 12.0 Å². The van der Waals surface area contributed by atoms with E-state index >= 15 is 0 Å². The van der Waals surface area contributed by atoms with Crippen molar-refractivity contribution in [1.82, 2.24) is 15.5 Å². The van der Waals surface area contributed by atoms with Crippen LogP contribution in [0.3, 0.4) is 0 Å². The molecular formula is C22H28N4O4. The minimum atomic E-state index is -0.473. The second-order valence-electron chi connectivity index (χ2n) is 7.09. The maximum atomic E-state index is 12.3. The standard InChI is InChI=1S/C22H28N4O4/c1-15-8-9-18(21(28)30-4)13-19(15)25-22(29)24-14-16-6-5-7-17(12-16)20(27)23-10-11-26(2)3/h5-9,12-13H,10-11,14H2,1-4H3,(H,23,27)(H2,24,25,29). The van der Waals surface area contributed by atoms with Gasteiger partial charge in [-0.15, -0.1) is 0 Å². The molecule has 0 fully saturated rings. The van der Waals surface area contributed by atoms with Crippen LogP contribution in [0.5, 0.6) is 0 Å². The van der Waals surface area contributed by atoms with E-state index in [-0.39, 0.29) is 12.5 Å². The van der Waals surface area contributed by atoms with Crippen LogP contribution < -0.4 is 16.0 Å². The fraction of sp³-hybridized carbons (Fsp3) is 0.318. The Labute approximate surface area is 176 Å². The molecule has 0 aliphatic carbocycles. The summed E-state index contributed by atoms with van der Waals surface area (Å²) in [7, 11) is 5.19. The third-order valence-corrected chi connectivity index (χ3v) is 4.39. The molecule has 30 heavy (non-hydrogen) atoms. The van der Waals surface area contributed by atoms with Crippen molar-refractivity contribution in [2.45, 2.75) is 13.5 Å². The van der Waals surface area contributed by atoms with E-state index in [4.69, 9.17) is 4.74 Å². The van der Waals surface area contributed by atoms with E-state index in [1.54, 1.807) is 36.4 Å². The molecule has 0 radical (unpaired) electrons. The van der Waals surface area contributed by atoms with Crippen molar-refractivity contribution in [3.63, 3.8) is 0 Å². The molecule has 0 heterocycles. The highest BCUT2D eigenvalue weighted by molar-refractivity contribution is 5.95. The zero-order chi connectivity index (χ0) is 22.1. The lowest BCUT2D eigenvalue weighted by Gasteiger charge is -2.12.